The van der Waals surface area contributed by atoms with E-state index in [2.05, 4.69) is 20.4 Å². The highest BCUT2D eigenvalue weighted by Gasteiger charge is 2.18. The van der Waals surface area contributed by atoms with Gasteiger partial charge in [-0.05, 0) is 32.0 Å². The van der Waals surface area contributed by atoms with Gasteiger partial charge in [0, 0.05) is 22.1 Å². The second-order valence-electron chi connectivity index (χ2n) is 6.35. The molecule has 0 aliphatic carbocycles. The Morgan fingerprint density at radius 2 is 1.86 bits per heavy atom. The van der Waals surface area contributed by atoms with Crippen LogP contribution in [-0.4, -0.2) is 21.0 Å². The molecule has 0 aliphatic rings. The Labute approximate surface area is 166 Å². The van der Waals surface area contributed by atoms with Crippen molar-refractivity contribution in [1.82, 2.24) is 20.4 Å². The van der Waals surface area contributed by atoms with Gasteiger partial charge in [0.25, 0.3) is 5.91 Å². The number of benzene rings is 2. The lowest BCUT2D eigenvalue weighted by Gasteiger charge is -2.09. The maximum Gasteiger partial charge on any atom is 0.251 e. The molecular weight excluding hydrogens is 372 g/mol. The number of carbonyl (C=O) groups is 1. The highest BCUT2D eigenvalue weighted by molar-refractivity contribution is 7.09. The van der Waals surface area contributed by atoms with Gasteiger partial charge in [-0.25, -0.2) is 4.98 Å². The van der Waals surface area contributed by atoms with Gasteiger partial charge in [0.1, 0.15) is 6.04 Å². The van der Waals surface area contributed by atoms with E-state index >= 15 is 0 Å². The molecule has 7 heteroatoms. The maximum atomic E-state index is 12.3. The average Bonchev–Trinajstić information content (AvgIpc) is 3.38. The lowest BCUT2D eigenvalue weighted by molar-refractivity contribution is 0.0932. The quantitative estimate of drug-likeness (QED) is 0.536. The zero-order valence-corrected chi connectivity index (χ0v) is 16.2. The van der Waals surface area contributed by atoms with Crippen LogP contribution in [0, 0.1) is 6.92 Å². The number of hydrogen-bond acceptors (Lipinski definition) is 6. The number of rotatable bonds is 5. The van der Waals surface area contributed by atoms with Crippen LogP contribution in [0.5, 0.6) is 0 Å². The molecule has 2 heterocycles. The van der Waals surface area contributed by atoms with E-state index in [9.17, 15) is 4.79 Å². The zero-order valence-electron chi connectivity index (χ0n) is 15.4. The van der Waals surface area contributed by atoms with Gasteiger partial charge in [0.05, 0.1) is 10.7 Å². The van der Waals surface area contributed by atoms with E-state index < -0.39 is 6.04 Å². The minimum absolute atomic E-state index is 0.186. The van der Waals surface area contributed by atoms with Crippen molar-refractivity contribution in [2.45, 2.75) is 19.9 Å². The number of aromatic nitrogens is 3. The highest BCUT2D eigenvalue weighted by atomic mass is 32.1. The molecule has 4 rings (SSSR count). The van der Waals surface area contributed by atoms with Gasteiger partial charge in [0.2, 0.25) is 11.7 Å². The number of aryl methyl sites for hydroxylation is 1. The third kappa shape index (κ3) is 3.84. The third-order valence-corrected chi connectivity index (χ3v) is 5.00. The number of amides is 1. The van der Waals surface area contributed by atoms with E-state index in [0.29, 0.717) is 17.3 Å². The van der Waals surface area contributed by atoms with Crippen LogP contribution < -0.4 is 5.32 Å². The van der Waals surface area contributed by atoms with E-state index in [-0.39, 0.29) is 5.91 Å². The number of thiazole rings is 1. The molecule has 1 atom stereocenters. The second kappa shape index (κ2) is 7.74. The normalized spacial score (nSPS) is 11.9. The van der Waals surface area contributed by atoms with Crippen LogP contribution >= 0.6 is 11.3 Å². The smallest absolute Gasteiger partial charge is 0.251 e. The Bertz CT molecular complexity index is 1100. The summed E-state index contributed by atoms with van der Waals surface area (Å²) in [6.07, 6.45) is 0. The van der Waals surface area contributed by atoms with Crippen LogP contribution in [-0.2, 0) is 0 Å². The first-order chi connectivity index (χ1) is 13.6. The summed E-state index contributed by atoms with van der Waals surface area (Å²) in [6, 6.07) is 16.5. The molecule has 4 aromatic rings. The Balaban J connectivity index is 1.52. The Hall–Kier alpha value is -3.32. The summed E-state index contributed by atoms with van der Waals surface area (Å²) in [5.41, 5.74) is 3.34. The van der Waals surface area contributed by atoms with E-state index in [0.717, 1.165) is 21.8 Å². The summed E-state index contributed by atoms with van der Waals surface area (Å²) in [4.78, 5) is 21.3. The molecule has 0 saturated carbocycles. The number of carbonyl (C=O) groups excluding carboxylic acids is 1. The topological polar surface area (TPSA) is 80.9 Å². The molecule has 28 heavy (non-hydrogen) atoms. The number of nitrogens with one attached hydrogen (secondary N) is 1. The standard InChI is InChI=1S/C21H18N4O2S/c1-13(22-20(26)15-7-4-3-5-8-15)21-24-19(25-27-21)17-10-6-9-16(11-17)18-12-28-14(2)23-18/h3-13H,1-2H3,(H,22,26)/t13-/m1/s1. The van der Waals surface area contributed by atoms with Crippen LogP contribution in [0.3, 0.4) is 0 Å². The summed E-state index contributed by atoms with van der Waals surface area (Å²) in [5.74, 6) is 0.646. The van der Waals surface area contributed by atoms with Gasteiger partial charge in [-0.1, -0.05) is 41.6 Å². The maximum absolute atomic E-state index is 12.3. The van der Waals surface area contributed by atoms with Crippen LogP contribution in [0.15, 0.2) is 64.5 Å². The molecule has 0 saturated heterocycles. The molecule has 6 nitrogen and oxygen atoms in total. The lowest BCUT2D eigenvalue weighted by atomic mass is 10.1. The first-order valence-electron chi connectivity index (χ1n) is 8.82. The summed E-state index contributed by atoms with van der Waals surface area (Å²) in [7, 11) is 0. The molecule has 0 bridgehead atoms. The Morgan fingerprint density at radius 3 is 2.61 bits per heavy atom. The largest absolute Gasteiger partial charge is 0.341 e. The van der Waals surface area contributed by atoms with Gasteiger partial charge < -0.3 is 9.84 Å². The van der Waals surface area contributed by atoms with Crippen molar-refractivity contribution in [1.29, 1.82) is 0 Å². The molecule has 140 valence electrons. The summed E-state index contributed by atoms with van der Waals surface area (Å²) < 4.78 is 5.38. The predicted molar refractivity (Wildman–Crippen MR) is 108 cm³/mol. The van der Waals surface area contributed by atoms with Gasteiger partial charge in [-0.2, -0.15) is 4.98 Å². The van der Waals surface area contributed by atoms with Gasteiger partial charge in [-0.15, -0.1) is 11.3 Å². The van der Waals surface area contributed by atoms with Crippen LogP contribution in [0.4, 0.5) is 0 Å². The number of hydrogen-bond donors (Lipinski definition) is 1. The van der Waals surface area contributed by atoms with Crippen LogP contribution in [0.1, 0.15) is 34.2 Å². The minimum Gasteiger partial charge on any atom is -0.341 e. The summed E-state index contributed by atoms with van der Waals surface area (Å²) in [5, 5.41) is 9.99. The van der Waals surface area contributed by atoms with Crippen molar-refractivity contribution in [3.8, 4) is 22.6 Å². The zero-order chi connectivity index (χ0) is 19.5. The van der Waals surface area contributed by atoms with Crippen molar-refractivity contribution in [3.05, 3.63) is 76.4 Å². The predicted octanol–water partition coefficient (Wildman–Crippen LogP) is 4.66. The summed E-state index contributed by atoms with van der Waals surface area (Å²) >= 11 is 1.61. The molecule has 1 N–H and O–H groups in total. The van der Waals surface area contributed by atoms with Gasteiger partial charge >= 0.3 is 0 Å². The Kier molecular flexibility index (Phi) is 4.99. The highest BCUT2D eigenvalue weighted by Crippen LogP contribution is 2.26. The van der Waals surface area contributed by atoms with Crippen molar-refractivity contribution >= 4 is 17.2 Å². The second-order valence-corrected chi connectivity index (χ2v) is 7.41. The lowest BCUT2D eigenvalue weighted by Crippen LogP contribution is -2.26. The van der Waals surface area contributed by atoms with Crippen LogP contribution in [0.25, 0.3) is 22.6 Å². The molecule has 0 radical (unpaired) electrons. The first-order valence-corrected chi connectivity index (χ1v) is 9.70. The minimum atomic E-state index is -0.404. The van der Waals surface area contributed by atoms with Crippen LogP contribution in [0.2, 0.25) is 0 Å². The third-order valence-electron chi connectivity index (χ3n) is 4.23. The molecule has 0 unspecified atom stereocenters. The fourth-order valence-electron chi connectivity index (χ4n) is 2.77. The van der Waals surface area contributed by atoms with Crippen molar-refractivity contribution in [3.63, 3.8) is 0 Å². The fraction of sp³-hybridized carbons (Fsp3) is 0.143. The first kappa shape index (κ1) is 18.1. The Morgan fingerprint density at radius 1 is 1.07 bits per heavy atom. The van der Waals surface area contributed by atoms with E-state index in [1.54, 1.807) is 23.5 Å². The van der Waals surface area contributed by atoms with Crippen molar-refractivity contribution < 1.29 is 9.32 Å². The van der Waals surface area contributed by atoms with Gasteiger partial charge in [-0.3, -0.25) is 4.79 Å². The van der Waals surface area contributed by atoms with E-state index in [1.807, 2.05) is 61.7 Å². The molecule has 1 amide bonds. The molecule has 0 fully saturated rings. The number of nitrogens with zero attached hydrogens (tertiary/aromatic N) is 3. The molecule has 2 aromatic carbocycles. The SMILES string of the molecule is Cc1nc(-c2cccc(-c3noc([C@@H](C)NC(=O)c4ccccc4)n3)c2)cs1. The molecule has 2 aromatic heterocycles. The average molecular weight is 390 g/mol. The van der Waals surface area contributed by atoms with Gasteiger partial charge in [0.15, 0.2) is 0 Å². The van der Waals surface area contributed by atoms with Crippen molar-refractivity contribution in [2.75, 3.05) is 0 Å². The molecule has 0 aliphatic heterocycles. The van der Waals surface area contributed by atoms with E-state index in [4.69, 9.17) is 4.52 Å². The van der Waals surface area contributed by atoms with Crippen molar-refractivity contribution in [2.24, 2.45) is 0 Å². The van der Waals surface area contributed by atoms with E-state index in [1.165, 1.54) is 0 Å². The molecule has 0 spiro atoms. The monoisotopic (exact) mass is 390 g/mol. The molecular formula is C21H18N4O2S. The summed E-state index contributed by atoms with van der Waals surface area (Å²) in [6.45, 7) is 3.79. The fourth-order valence-corrected chi connectivity index (χ4v) is 3.40.